The topological polar surface area (TPSA) is 77.2 Å². The highest BCUT2D eigenvalue weighted by atomic mass is 32.2. The fourth-order valence-corrected chi connectivity index (χ4v) is 2.67. The van der Waals surface area contributed by atoms with Crippen molar-refractivity contribution >= 4 is 28.9 Å². The molecule has 2 heterocycles. The Kier molecular flexibility index (Phi) is 4.39. The summed E-state index contributed by atoms with van der Waals surface area (Å²) < 4.78 is 7.08. The zero-order chi connectivity index (χ0) is 13.8. The molecule has 2 rings (SSSR count). The van der Waals surface area contributed by atoms with Crippen molar-refractivity contribution in [3.05, 3.63) is 18.3 Å². The van der Waals surface area contributed by atoms with Crippen molar-refractivity contribution in [2.75, 3.05) is 19.5 Å². The average molecular weight is 281 g/mol. The summed E-state index contributed by atoms with van der Waals surface area (Å²) in [5.74, 6) is -0.890. The van der Waals surface area contributed by atoms with Gasteiger partial charge in [0.25, 0.3) is 0 Å². The molecule has 102 valence electrons. The molecule has 1 unspecified atom stereocenters. The Balaban J connectivity index is 2.42. The summed E-state index contributed by atoms with van der Waals surface area (Å²) in [4.78, 5) is 19.4. The summed E-state index contributed by atoms with van der Waals surface area (Å²) >= 11 is 1.19. The van der Waals surface area contributed by atoms with Crippen LogP contribution in [0.1, 0.15) is 13.0 Å². The Bertz CT molecular complexity index is 585. The van der Waals surface area contributed by atoms with E-state index in [0.717, 1.165) is 11.2 Å². The monoisotopic (exact) mass is 281 g/mol. The quantitative estimate of drug-likeness (QED) is 0.814. The lowest BCUT2D eigenvalue weighted by molar-refractivity contribution is -0.133. The van der Waals surface area contributed by atoms with Gasteiger partial charge in [-0.05, 0) is 19.1 Å². The van der Waals surface area contributed by atoms with Crippen LogP contribution in [0.25, 0.3) is 11.2 Å². The number of aromatic nitrogens is 3. The molecular weight excluding hydrogens is 266 g/mol. The molecule has 0 fully saturated rings. The van der Waals surface area contributed by atoms with Gasteiger partial charge in [0.1, 0.15) is 5.52 Å². The highest BCUT2D eigenvalue weighted by Crippen LogP contribution is 2.26. The molecule has 1 N–H and O–H groups in total. The number of aliphatic carboxylic acids is 1. The summed E-state index contributed by atoms with van der Waals surface area (Å²) in [6, 6.07) is 3.72. The van der Waals surface area contributed by atoms with E-state index in [1.165, 1.54) is 11.8 Å². The molecule has 0 amide bonds. The smallest absolute Gasteiger partial charge is 0.313 e. The highest BCUT2D eigenvalue weighted by Gasteiger charge is 2.17. The van der Waals surface area contributed by atoms with Gasteiger partial charge in [-0.25, -0.2) is 9.97 Å². The van der Waals surface area contributed by atoms with Gasteiger partial charge >= 0.3 is 5.97 Å². The standard InChI is InChI=1S/C12H15N3O3S/c1-8(6-18-2)15-11-9(4-3-5-13-11)14-12(15)19-7-10(16)17/h3-5,8H,6-7H2,1-2H3,(H,16,17). The maximum atomic E-state index is 10.7. The van der Waals surface area contributed by atoms with Crippen LogP contribution < -0.4 is 0 Å². The SMILES string of the molecule is COCC(C)n1c(SCC(=O)O)nc2cccnc21. The van der Waals surface area contributed by atoms with Crippen LogP contribution in [0.3, 0.4) is 0 Å². The number of carboxylic acid groups (broad SMARTS) is 1. The molecule has 0 saturated heterocycles. The molecule has 0 saturated carbocycles. The van der Waals surface area contributed by atoms with Crippen molar-refractivity contribution in [3.63, 3.8) is 0 Å². The molecule has 0 aliphatic heterocycles. The zero-order valence-electron chi connectivity index (χ0n) is 10.7. The number of nitrogens with zero attached hydrogens (tertiary/aromatic N) is 3. The van der Waals surface area contributed by atoms with Crippen molar-refractivity contribution in [1.82, 2.24) is 14.5 Å². The fraction of sp³-hybridized carbons (Fsp3) is 0.417. The van der Waals surface area contributed by atoms with Gasteiger partial charge in [0.15, 0.2) is 10.8 Å². The molecule has 0 aliphatic carbocycles. The van der Waals surface area contributed by atoms with Gasteiger partial charge in [-0.15, -0.1) is 0 Å². The highest BCUT2D eigenvalue weighted by molar-refractivity contribution is 7.99. The molecule has 2 aromatic heterocycles. The molecule has 2 aromatic rings. The zero-order valence-corrected chi connectivity index (χ0v) is 11.6. The number of fused-ring (bicyclic) bond motifs is 1. The number of rotatable bonds is 6. The molecule has 7 heteroatoms. The van der Waals surface area contributed by atoms with Gasteiger partial charge < -0.3 is 9.84 Å². The summed E-state index contributed by atoms with van der Waals surface area (Å²) in [6.45, 7) is 2.51. The number of carbonyl (C=O) groups is 1. The summed E-state index contributed by atoms with van der Waals surface area (Å²) in [5.41, 5.74) is 1.51. The number of hydrogen-bond acceptors (Lipinski definition) is 5. The Morgan fingerprint density at radius 2 is 2.42 bits per heavy atom. The van der Waals surface area contributed by atoms with Crippen molar-refractivity contribution in [2.45, 2.75) is 18.1 Å². The molecule has 0 radical (unpaired) electrons. The van der Waals surface area contributed by atoms with E-state index >= 15 is 0 Å². The van der Waals surface area contributed by atoms with E-state index in [2.05, 4.69) is 9.97 Å². The first kappa shape index (κ1) is 13.8. The molecule has 6 nitrogen and oxygen atoms in total. The predicted octanol–water partition coefficient (Wildman–Crippen LogP) is 1.82. The fourth-order valence-electron chi connectivity index (χ4n) is 1.85. The van der Waals surface area contributed by atoms with Gasteiger partial charge in [0, 0.05) is 13.3 Å². The first-order valence-electron chi connectivity index (χ1n) is 5.80. The maximum Gasteiger partial charge on any atom is 0.313 e. The van der Waals surface area contributed by atoms with Gasteiger partial charge in [0.2, 0.25) is 0 Å². The second-order valence-corrected chi connectivity index (χ2v) is 5.04. The molecule has 0 bridgehead atoms. The van der Waals surface area contributed by atoms with Crippen LogP contribution in [0.4, 0.5) is 0 Å². The minimum atomic E-state index is -0.865. The Hall–Kier alpha value is -1.60. The lowest BCUT2D eigenvalue weighted by atomic mass is 10.3. The molecule has 0 spiro atoms. The van der Waals surface area contributed by atoms with E-state index in [0.29, 0.717) is 11.8 Å². The number of ether oxygens (including phenoxy) is 1. The van der Waals surface area contributed by atoms with Crippen molar-refractivity contribution in [2.24, 2.45) is 0 Å². The van der Waals surface area contributed by atoms with Crippen LogP contribution >= 0.6 is 11.8 Å². The number of imidazole rings is 1. The predicted molar refractivity (Wildman–Crippen MR) is 72.5 cm³/mol. The van der Waals surface area contributed by atoms with Crippen molar-refractivity contribution < 1.29 is 14.6 Å². The van der Waals surface area contributed by atoms with E-state index in [1.807, 2.05) is 23.6 Å². The number of methoxy groups -OCH3 is 1. The number of thioether (sulfide) groups is 1. The van der Waals surface area contributed by atoms with E-state index in [-0.39, 0.29) is 11.8 Å². The maximum absolute atomic E-state index is 10.7. The van der Waals surface area contributed by atoms with Crippen molar-refractivity contribution in [1.29, 1.82) is 0 Å². The van der Waals surface area contributed by atoms with Crippen LogP contribution in [-0.2, 0) is 9.53 Å². The van der Waals surface area contributed by atoms with Gasteiger partial charge in [0.05, 0.1) is 18.4 Å². The van der Waals surface area contributed by atoms with Gasteiger partial charge in [-0.3, -0.25) is 9.36 Å². The van der Waals surface area contributed by atoms with E-state index in [9.17, 15) is 4.79 Å². The third-order valence-corrected chi connectivity index (χ3v) is 3.53. The second-order valence-electron chi connectivity index (χ2n) is 4.10. The van der Waals surface area contributed by atoms with E-state index in [1.54, 1.807) is 13.3 Å². The van der Waals surface area contributed by atoms with Gasteiger partial charge in [-0.1, -0.05) is 11.8 Å². The normalized spacial score (nSPS) is 12.7. The van der Waals surface area contributed by atoms with Crippen LogP contribution in [0.15, 0.2) is 23.5 Å². The molecule has 19 heavy (non-hydrogen) atoms. The summed E-state index contributed by atoms with van der Waals surface area (Å²) in [7, 11) is 1.63. The summed E-state index contributed by atoms with van der Waals surface area (Å²) in [5, 5.41) is 9.44. The average Bonchev–Trinajstić information content (AvgIpc) is 2.74. The molecular formula is C12H15N3O3S. The number of carboxylic acids is 1. The third-order valence-electron chi connectivity index (χ3n) is 2.59. The van der Waals surface area contributed by atoms with Crippen LogP contribution in [0, 0.1) is 0 Å². The third kappa shape index (κ3) is 3.05. The van der Waals surface area contributed by atoms with Crippen LogP contribution in [0.5, 0.6) is 0 Å². The van der Waals surface area contributed by atoms with Crippen molar-refractivity contribution in [3.8, 4) is 0 Å². The first-order valence-corrected chi connectivity index (χ1v) is 6.78. The number of hydrogen-bond donors (Lipinski definition) is 1. The lowest BCUT2D eigenvalue weighted by Crippen LogP contribution is -2.13. The first-order chi connectivity index (χ1) is 9.13. The van der Waals surface area contributed by atoms with Crippen LogP contribution in [0.2, 0.25) is 0 Å². The van der Waals surface area contributed by atoms with Gasteiger partial charge in [-0.2, -0.15) is 0 Å². The Labute approximate surface area is 114 Å². The molecule has 0 aliphatic rings. The summed E-state index contributed by atoms with van der Waals surface area (Å²) in [6.07, 6.45) is 1.70. The minimum Gasteiger partial charge on any atom is -0.481 e. The second kappa shape index (κ2) is 6.03. The Morgan fingerprint density at radius 1 is 1.63 bits per heavy atom. The largest absolute Gasteiger partial charge is 0.481 e. The molecule has 1 atom stereocenters. The lowest BCUT2D eigenvalue weighted by Gasteiger charge is -2.15. The Morgan fingerprint density at radius 3 is 3.11 bits per heavy atom. The number of pyridine rings is 1. The van der Waals surface area contributed by atoms with Crippen LogP contribution in [-0.4, -0.2) is 45.1 Å². The van der Waals surface area contributed by atoms with E-state index in [4.69, 9.17) is 9.84 Å². The molecule has 0 aromatic carbocycles. The minimum absolute atomic E-state index is 0.0248. The van der Waals surface area contributed by atoms with E-state index < -0.39 is 5.97 Å².